The molecule has 3 heteroatoms. The van der Waals surface area contributed by atoms with E-state index in [2.05, 4.69) is 20.9 Å². The molecule has 0 fully saturated rings. The molecule has 2 aromatic rings. The molecule has 0 saturated heterocycles. The van der Waals surface area contributed by atoms with Gasteiger partial charge in [0.25, 0.3) is 0 Å². The Balaban J connectivity index is 2.53. The van der Waals surface area contributed by atoms with Crippen LogP contribution in [0.2, 0.25) is 0 Å². The quantitative estimate of drug-likeness (QED) is 0.760. The van der Waals surface area contributed by atoms with Crippen molar-refractivity contribution >= 4 is 15.9 Å². The van der Waals surface area contributed by atoms with E-state index in [1.807, 2.05) is 37.3 Å². The van der Waals surface area contributed by atoms with Crippen LogP contribution in [-0.2, 0) is 0 Å². The van der Waals surface area contributed by atoms with Crippen LogP contribution in [0, 0.1) is 6.92 Å². The summed E-state index contributed by atoms with van der Waals surface area (Å²) >= 11 is 3.35. The van der Waals surface area contributed by atoms with Crippen molar-refractivity contribution in [2.75, 3.05) is 0 Å². The van der Waals surface area contributed by atoms with Crippen LogP contribution in [0.3, 0.4) is 0 Å². The Morgan fingerprint density at radius 2 is 1.92 bits per heavy atom. The van der Waals surface area contributed by atoms with Gasteiger partial charge in [0.1, 0.15) is 0 Å². The predicted molar refractivity (Wildman–Crippen MR) is 54.4 cm³/mol. The average Bonchev–Trinajstić information content (AvgIpc) is 2.47. The van der Waals surface area contributed by atoms with Crippen LogP contribution < -0.4 is 0 Å². The fourth-order valence-electron chi connectivity index (χ4n) is 1.17. The molecule has 0 amide bonds. The maximum atomic E-state index is 5.44. The summed E-state index contributed by atoms with van der Waals surface area (Å²) in [5.41, 5.74) is 1.04. The molecule has 0 unspecified atom stereocenters. The topological polar surface area (TPSA) is 26.0 Å². The van der Waals surface area contributed by atoms with Crippen LogP contribution in [0.25, 0.3) is 11.3 Å². The lowest BCUT2D eigenvalue weighted by molar-refractivity contribution is 0.534. The first-order valence-electron chi connectivity index (χ1n) is 3.96. The van der Waals surface area contributed by atoms with Crippen molar-refractivity contribution in [1.82, 2.24) is 4.98 Å². The molecule has 0 bridgehead atoms. The van der Waals surface area contributed by atoms with Gasteiger partial charge in [0.15, 0.2) is 16.3 Å². The average molecular weight is 238 g/mol. The van der Waals surface area contributed by atoms with Gasteiger partial charge in [-0.3, -0.25) is 0 Å². The summed E-state index contributed by atoms with van der Waals surface area (Å²) in [4.78, 5) is 4.14. The monoisotopic (exact) mass is 237 g/mol. The Morgan fingerprint density at radius 1 is 1.23 bits per heavy atom. The van der Waals surface area contributed by atoms with Crippen LogP contribution in [0.1, 0.15) is 5.89 Å². The maximum absolute atomic E-state index is 5.44. The summed E-state index contributed by atoms with van der Waals surface area (Å²) in [5.74, 6) is 1.46. The summed E-state index contributed by atoms with van der Waals surface area (Å²) < 4.78 is 6.20. The molecular weight excluding hydrogens is 230 g/mol. The molecule has 2 nitrogen and oxygen atoms in total. The van der Waals surface area contributed by atoms with Gasteiger partial charge in [0.2, 0.25) is 0 Å². The number of hydrogen-bond donors (Lipinski definition) is 0. The van der Waals surface area contributed by atoms with Gasteiger partial charge in [0.05, 0.1) is 0 Å². The number of halogens is 1. The number of benzene rings is 1. The first kappa shape index (κ1) is 8.51. The third-order valence-electron chi connectivity index (χ3n) is 1.73. The third kappa shape index (κ3) is 1.65. The molecule has 0 aliphatic heterocycles. The lowest BCUT2D eigenvalue weighted by Gasteiger charge is -1.94. The van der Waals surface area contributed by atoms with E-state index in [4.69, 9.17) is 4.42 Å². The van der Waals surface area contributed by atoms with Crippen molar-refractivity contribution in [1.29, 1.82) is 0 Å². The van der Waals surface area contributed by atoms with Gasteiger partial charge in [-0.25, -0.2) is 4.98 Å². The number of rotatable bonds is 1. The fourth-order valence-corrected chi connectivity index (χ4v) is 1.73. The van der Waals surface area contributed by atoms with E-state index < -0.39 is 0 Å². The zero-order valence-corrected chi connectivity index (χ0v) is 8.71. The Kier molecular flexibility index (Phi) is 2.19. The van der Waals surface area contributed by atoms with E-state index in [0.717, 1.165) is 15.9 Å². The SMILES string of the molecule is Cc1nc(Br)c(-c2ccccc2)o1. The van der Waals surface area contributed by atoms with Crippen LogP contribution in [0.4, 0.5) is 0 Å². The molecule has 1 aromatic carbocycles. The minimum absolute atomic E-state index is 0.672. The molecule has 0 saturated carbocycles. The van der Waals surface area contributed by atoms with E-state index in [-0.39, 0.29) is 0 Å². The van der Waals surface area contributed by atoms with Crippen LogP contribution in [-0.4, -0.2) is 4.98 Å². The Hall–Kier alpha value is -1.09. The summed E-state index contributed by atoms with van der Waals surface area (Å²) in [6, 6.07) is 9.90. The van der Waals surface area contributed by atoms with Gasteiger partial charge in [-0.1, -0.05) is 30.3 Å². The molecule has 1 heterocycles. The molecule has 66 valence electrons. The number of aryl methyl sites for hydroxylation is 1. The fraction of sp³-hybridized carbons (Fsp3) is 0.100. The molecule has 0 N–H and O–H groups in total. The second-order valence-electron chi connectivity index (χ2n) is 2.72. The standard InChI is InChI=1S/C10H8BrNO/c1-7-12-10(11)9(13-7)8-5-3-2-4-6-8/h2-6H,1H3. The van der Waals surface area contributed by atoms with Crippen LogP contribution in [0.15, 0.2) is 39.4 Å². The van der Waals surface area contributed by atoms with Crippen LogP contribution in [0.5, 0.6) is 0 Å². The second kappa shape index (κ2) is 3.34. The molecular formula is C10H8BrNO. The van der Waals surface area contributed by atoms with E-state index in [0.29, 0.717) is 5.89 Å². The first-order chi connectivity index (χ1) is 6.27. The summed E-state index contributed by atoms with van der Waals surface area (Å²) in [6.45, 7) is 1.83. The number of oxazole rings is 1. The third-order valence-corrected chi connectivity index (χ3v) is 2.27. The smallest absolute Gasteiger partial charge is 0.192 e. The van der Waals surface area contributed by atoms with Gasteiger partial charge in [-0.05, 0) is 15.9 Å². The number of aromatic nitrogens is 1. The lowest BCUT2D eigenvalue weighted by atomic mass is 10.2. The molecule has 0 aliphatic carbocycles. The molecule has 0 atom stereocenters. The highest BCUT2D eigenvalue weighted by Gasteiger charge is 2.09. The van der Waals surface area contributed by atoms with E-state index >= 15 is 0 Å². The minimum Gasteiger partial charge on any atom is -0.440 e. The summed E-state index contributed by atoms with van der Waals surface area (Å²) in [6.07, 6.45) is 0. The maximum Gasteiger partial charge on any atom is 0.192 e. The zero-order chi connectivity index (χ0) is 9.26. The van der Waals surface area contributed by atoms with Crippen molar-refractivity contribution in [3.63, 3.8) is 0 Å². The van der Waals surface area contributed by atoms with Gasteiger partial charge in [0, 0.05) is 12.5 Å². The zero-order valence-electron chi connectivity index (χ0n) is 7.12. The highest BCUT2D eigenvalue weighted by molar-refractivity contribution is 9.10. The highest BCUT2D eigenvalue weighted by atomic mass is 79.9. The van der Waals surface area contributed by atoms with Crippen molar-refractivity contribution in [2.45, 2.75) is 6.92 Å². The van der Waals surface area contributed by atoms with E-state index in [1.54, 1.807) is 0 Å². The normalized spacial score (nSPS) is 10.3. The van der Waals surface area contributed by atoms with Gasteiger partial charge in [-0.2, -0.15) is 0 Å². The predicted octanol–water partition coefficient (Wildman–Crippen LogP) is 3.41. The number of hydrogen-bond acceptors (Lipinski definition) is 2. The second-order valence-corrected chi connectivity index (χ2v) is 3.47. The van der Waals surface area contributed by atoms with E-state index in [9.17, 15) is 0 Å². The number of nitrogens with zero attached hydrogens (tertiary/aromatic N) is 1. The Bertz CT molecular complexity index is 408. The van der Waals surface area contributed by atoms with Crippen molar-refractivity contribution in [3.05, 3.63) is 40.8 Å². The molecule has 2 rings (SSSR count). The minimum atomic E-state index is 0.672. The largest absolute Gasteiger partial charge is 0.440 e. The van der Waals surface area contributed by atoms with Crippen molar-refractivity contribution < 1.29 is 4.42 Å². The molecule has 13 heavy (non-hydrogen) atoms. The van der Waals surface area contributed by atoms with Gasteiger partial charge in [-0.15, -0.1) is 0 Å². The molecule has 1 aromatic heterocycles. The Morgan fingerprint density at radius 3 is 2.46 bits per heavy atom. The lowest BCUT2D eigenvalue weighted by Crippen LogP contribution is -1.73. The van der Waals surface area contributed by atoms with Gasteiger partial charge >= 0.3 is 0 Å². The molecule has 0 spiro atoms. The Labute approximate surface area is 84.7 Å². The summed E-state index contributed by atoms with van der Waals surface area (Å²) in [5, 5.41) is 0. The first-order valence-corrected chi connectivity index (χ1v) is 4.75. The molecule has 0 radical (unpaired) electrons. The van der Waals surface area contributed by atoms with Crippen LogP contribution >= 0.6 is 15.9 Å². The highest BCUT2D eigenvalue weighted by Crippen LogP contribution is 2.28. The summed E-state index contributed by atoms with van der Waals surface area (Å²) in [7, 11) is 0. The van der Waals surface area contributed by atoms with Crippen molar-refractivity contribution in [3.8, 4) is 11.3 Å². The van der Waals surface area contributed by atoms with E-state index in [1.165, 1.54) is 0 Å². The van der Waals surface area contributed by atoms with Crippen molar-refractivity contribution in [2.24, 2.45) is 0 Å². The molecule has 0 aliphatic rings. The van der Waals surface area contributed by atoms with Gasteiger partial charge < -0.3 is 4.42 Å².